The average Bonchev–Trinajstić information content (AvgIpc) is 2.82. The van der Waals surface area contributed by atoms with Crippen molar-refractivity contribution in [3.8, 4) is 5.69 Å². The smallest absolute Gasteiger partial charge is 0.211 e. The van der Waals surface area contributed by atoms with E-state index in [0.29, 0.717) is 13.1 Å². The van der Waals surface area contributed by atoms with Gasteiger partial charge in [-0.15, -0.1) is 0 Å². The first-order valence-corrected chi connectivity index (χ1v) is 9.59. The lowest BCUT2D eigenvalue weighted by molar-refractivity contribution is 0.572. The van der Waals surface area contributed by atoms with Crippen LogP contribution in [0.3, 0.4) is 0 Å². The van der Waals surface area contributed by atoms with Crippen LogP contribution < -0.4 is 10.0 Å². The molecule has 6 nitrogen and oxygen atoms in total. The summed E-state index contributed by atoms with van der Waals surface area (Å²) < 4.78 is 53.6. The number of hydrogen-bond donors (Lipinski definition) is 2. The first kappa shape index (κ1) is 19.5. The summed E-state index contributed by atoms with van der Waals surface area (Å²) in [6.45, 7) is 6.39. The zero-order valence-corrected chi connectivity index (χ0v) is 15.3. The topological polar surface area (TPSA) is 76.0 Å². The molecule has 0 amide bonds. The van der Waals surface area contributed by atoms with Crippen molar-refractivity contribution in [1.82, 2.24) is 19.8 Å². The summed E-state index contributed by atoms with van der Waals surface area (Å²) in [6, 6.07) is 3.36. The molecule has 2 N–H and O–H groups in total. The molecule has 0 atom stereocenters. The van der Waals surface area contributed by atoms with Gasteiger partial charge in [0.05, 0.1) is 11.4 Å². The summed E-state index contributed by atoms with van der Waals surface area (Å²) in [5.41, 5.74) is 2.54. The number of benzene rings is 1. The van der Waals surface area contributed by atoms with Gasteiger partial charge in [-0.2, -0.15) is 5.10 Å². The number of aryl methyl sites for hydroxylation is 1. The fourth-order valence-corrected chi connectivity index (χ4v) is 3.05. The molecule has 1 heterocycles. The molecule has 138 valence electrons. The lowest BCUT2D eigenvalue weighted by Crippen LogP contribution is -2.32. The van der Waals surface area contributed by atoms with Crippen molar-refractivity contribution in [3.63, 3.8) is 0 Å². The van der Waals surface area contributed by atoms with Crippen LogP contribution in [0.4, 0.5) is 8.78 Å². The SMILES string of the molecule is CCS(=O)(=O)NCCNCc1c(C)nn(-c2ccc(F)cc2F)c1C. The molecule has 2 rings (SSSR count). The monoisotopic (exact) mass is 372 g/mol. The van der Waals surface area contributed by atoms with E-state index in [1.165, 1.54) is 16.8 Å². The highest BCUT2D eigenvalue weighted by atomic mass is 32.2. The van der Waals surface area contributed by atoms with E-state index in [-0.39, 0.29) is 18.0 Å². The first-order chi connectivity index (χ1) is 11.7. The molecule has 0 bridgehead atoms. The van der Waals surface area contributed by atoms with Gasteiger partial charge in [0.25, 0.3) is 0 Å². The fraction of sp³-hybridized carbons (Fsp3) is 0.438. The largest absolute Gasteiger partial charge is 0.311 e. The minimum Gasteiger partial charge on any atom is -0.311 e. The second-order valence-corrected chi connectivity index (χ2v) is 7.73. The summed E-state index contributed by atoms with van der Waals surface area (Å²) in [7, 11) is -3.20. The number of nitrogens with zero attached hydrogens (tertiary/aromatic N) is 2. The Balaban J connectivity index is 2.05. The number of nitrogens with one attached hydrogen (secondary N) is 2. The van der Waals surface area contributed by atoms with Gasteiger partial charge < -0.3 is 5.32 Å². The standard InChI is InChI=1S/C16H22F2N4O2S/c1-4-25(23,24)20-8-7-19-10-14-11(2)21-22(12(14)3)16-6-5-13(17)9-15(16)18/h5-6,9,19-20H,4,7-8,10H2,1-3H3. The maximum Gasteiger partial charge on any atom is 0.211 e. The minimum absolute atomic E-state index is 0.0429. The van der Waals surface area contributed by atoms with Crippen LogP contribution in [0, 0.1) is 25.5 Å². The van der Waals surface area contributed by atoms with Gasteiger partial charge in [0, 0.05) is 37.0 Å². The van der Waals surface area contributed by atoms with Crippen molar-refractivity contribution in [3.05, 3.63) is 46.8 Å². The van der Waals surface area contributed by atoms with Crippen LogP contribution in [0.15, 0.2) is 18.2 Å². The second kappa shape index (κ2) is 8.03. The summed E-state index contributed by atoms with van der Waals surface area (Å²) in [4.78, 5) is 0. The van der Waals surface area contributed by atoms with E-state index in [2.05, 4.69) is 15.1 Å². The van der Waals surface area contributed by atoms with Crippen molar-refractivity contribution < 1.29 is 17.2 Å². The highest BCUT2D eigenvalue weighted by Crippen LogP contribution is 2.20. The molecule has 0 aliphatic heterocycles. The molecule has 0 saturated carbocycles. The minimum atomic E-state index is -3.20. The second-order valence-electron chi connectivity index (χ2n) is 5.63. The van der Waals surface area contributed by atoms with Gasteiger partial charge in [-0.1, -0.05) is 0 Å². The molecule has 2 aromatic rings. The van der Waals surface area contributed by atoms with Crippen LogP contribution in [0.2, 0.25) is 0 Å². The molecule has 0 saturated heterocycles. The summed E-state index contributed by atoms with van der Waals surface area (Å²) in [5, 5.41) is 7.46. The van der Waals surface area contributed by atoms with Gasteiger partial charge in [0.1, 0.15) is 11.5 Å². The summed E-state index contributed by atoms with van der Waals surface area (Å²) in [6.07, 6.45) is 0. The van der Waals surface area contributed by atoms with Crippen LogP contribution in [0.25, 0.3) is 5.69 Å². The van der Waals surface area contributed by atoms with Gasteiger partial charge in [0.15, 0.2) is 5.82 Å². The third kappa shape index (κ3) is 4.83. The maximum atomic E-state index is 14.0. The molecule has 25 heavy (non-hydrogen) atoms. The molecule has 0 fully saturated rings. The van der Waals surface area contributed by atoms with E-state index < -0.39 is 21.7 Å². The van der Waals surface area contributed by atoms with Crippen molar-refractivity contribution in [2.24, 2.45) is 0 Å². The Labute approximate surface area is 146 Å². The normalized spacial score (nSPS) is 11.9. The van der Waals surface area contributed by atoms with E-state index in [1.807, 2.05) is 6.92 Å². The Morgan fingerprint density at radius 1 is 1.20 bits per heavy atom. The molecule has 1 aromatic heterocycles. The van der Waals surface area contributed by atoms with Crippen LogP contribution >= 0.6 is 0 Å². The highest BCUT2D eigenvalue weighted by molar-refractivity contribution is 7.89. The van der Waals surface area contributed by atoms with Crippen LogP contribution in [-0.2, 0) is 16.6 Å². The van der Waals surface area contributed by atoms with Crippen LogP contribution in [0.1, 0.15) is 23.9 Å². The van der Waals surface area contributed by atoms with E-state index in [0.717, 1.165) is 23.0 Å². The van der Waals surface area contributed by atoms with Crippen LogP contribution in [0.5, 0.6) is 0 Å². The lowest BCUT2D eigenvalue weighted by atomic mass is 10.2. The molecule has 1 aromatic carbocycles. The first-order valence-electron chi connectivity index (χ1n) is 7.93. The van der Waals surface area contributed by atoms with Crippen molar-refractivity contribution in [2.45, 2.75) is 27.3 Å². The Kier molecular flexibility index (Phi) is 6.26. The summed E-state index contributed by atoms with van der Waals surface area (Å²) in [5.74, 6) is -1.28. The van der Waals surface area contributed by atoms with Gasteiger partial charge >= 0.3 is 0 Å². The number of aromatic nitrogens is 2. The zero-order chi connectivity index (χ0) is 18.6. The number of sulfonamides is 1. The quantitative estimate of drug-likeness (QED) is 0.693. The van der Waals surface area contributed by atoms with Crippen molar-refractivity contribution >= 4 is 10.0 Å². The van der Waals surface area contributed by atoms with Gasteiger partial charge in [-0.3, -0.25) is 0 Å². The molecular weight excluding hydrogens is 350 g/mol. The predicted octanol–water partition coefficient (Wildman–Crippen LogP) is 1.80. The molecule has 0 spiro atoms. The van der Waals surface area contributed by atoms with Gasteiger partial charge in [-0.05, 0) is 32.9 Å². The third-order valence-corrected chi connectivity index (χ3v) is 5.29. The Bertz CT molecular complexity index is 850. The molecule has 0 aliphatic carbocycles. The van der Waals surface area contributed by atoms with Gasteiger partial charge in [-0.25, -0.2) is 26.6 Å². The Morgan fingerprint density at radius 3 is 2.56 bits per heavy atom. The van der Waals surface area contributed by atoms with Crippen LogP contribution in [-0.4, -0.2) is 37.0 Å². The predicted molar refractivity (Wildman–Crippen MR) is 92.1 cm³/mol. The van der Waals surface area contributed by atoms with Gasteiger partial charge in [0.2, 0.25) is 10.0 Å². The number of hydrogen-bond acceptors (Lipinski definition) is 4. The summed E-state index contributed by atoms with van der Waals surface area (Å²) >= 11 is 0. The van der Waals surface area contributed by atoms with E-state index in [9.17, 15) is 17.2 Å². The zero-order valence-electron chi connectivity index (χ0n) is 14.4. The molecule has 0 radical (unpaired) electrons. The molecular formula is C16H22F2N4O2S. The third-order valence-electron chi connectivity index (χ3n) is 3.88. The Hall–Kier alpha value is -1.84. The average molecular weight is 372 g/mol. The van der Waals surface area contributed by atoms with Crippen molar-refractivity contribution in [1.29, 1.82) is 0 Å². The van der Waals surface area contributed by atoms with Crippen molar-refractivity contribution in [2.75, 3.05) is 18.8 Å². The van der Waals surface area contributed by atoms with E-state index in [1.54, 1.807) is 13.8 Å². The lowest BCUT2D eigenvalue weighted by Gasteiger charge is -2.08. The maximum absolute atomic E-state index is 14.0. The highest BCUT2D eigenvalue weighted by Gasteiger charge is 2.15. The molecule has 0 unspecified atom stereocenters. The molecule has 9 heteroatoms. The number of halogens is 2. The number of rotatable bonds is 8. The van der Waals surface area contributed by atoms with E-state index >= 15 is 0 Å². The fourth-order valence-electron chi connectivity index (χ4n) is 2.43. The molecule has 0 aliphatic rings. The van der Waals surface area contributed by atoms with E-state index in [4.69, 9.17) is 0 Å². The Morgan fingerprint density at radius 2 is 1.92 bits per heavy atom.